The third-order valence-corrected chi connectivity index (χ3v) is 4.46. The van der Waals surface area contributed by atoms with Crippen LogP contribution in [0.4, 0.5) is 0 Å². The first kappa shape index (κ1) is 14.9. The zero-order valence-corrected chi connectivity index (χ0v) is 14.3. The molecular weight excluding hydrogens is 324 g/mol. The number of rotatable bonds is 2. The monoisotopic (exact) mass is 338 g/mol. The Morgan fingerprint density at radius 2 is 1.83 bits per heavy atom. The van der Waals surface area contributed by atoms with Gasteiger partial charge in [0.2, 0.25) is 0 Å². The molecule has 0 N–H and O–H groups in total. The van der Waals surface area contributed by atoms with Gasteiger partial charge in [-0.15, -0.1) is 10.2 Å². The fourth-order valence-electron chi connectivity index (χ4n) is 3.03. The Labute approximate surface area is 143 Å². The lowest BCUT2D eigenvalue weighted by Crippen LogP contribution is -2.00. The van der Waals surface area contributed by atoms with E-state index in [9.17, 15) is 0 Å². The number of nitrogens with zero attached hydrogens (tertiary/aromatic N) is 4. The number of hydrogen-bond acceptors (Lipinski definition) is 4. The normalized spacial score (nSPS) is 11.3. The van der Waals surface area contributed by atoms with E-state index in [1.807, 2.05) is 54.6 Å². The average molecular weight is 339 g/mol. The van der Waals surface area contributed by atoms with Gasteiger partial charge in [-0.2, -0.15) is 0 Å². The summed E-state index contributed by atoms with van der Waals surface area (Å²) >= 11 is 6.46. The van der Waals surface area contributed by atoms with Crippen LogP contribution >= 0.6 is 11.6 Å². The van der Waals surface area contributed by atoms with E-state index in [0.29, 0.717) is 16.5 Å². The van der Waals surface area contributed by atoms with Crippen molar-refractivity contribution in [2.75, 3.05) is 7.11 Å². The van der Waals surface area contributed by atoms with Crippen molar-refractivity contribution < 1.29 is 4.74 Å². The van der Waals surface area contributed by atoms with Gasteiger partial charge in [-0.1, -0.05) is 29.8 Å². The van der Waals surface area contributed by atoms with E-state index in [4.69, 9.17) is 16.3 Å². The highest BCUT2D eigenvalue weighted by molar-refractivity contribution is 6.33. The van der Waals surface area contributed by atoms with E-state index in [2.05, 4.69) is 15.2 Å². The van der Waals surface area contributed by atoms with Crippen LogP contribution in [-0.4, -0.2) is 26.7 Å². The van der Waals surface area contributed by atoms with E-state index in [1.54, 1.807) is 7.11 Å². The molecule has 4 rings (SSSR count). The molecule has 0 spiro atoms. The highest BCUT2D eigenvalue weighted by Gasteiger charge is 2.19. The van der Waals surface area contributed by atoms with Crippen molar-refractivity contribution in [3.63, 3.8) is 0 Å². The lowest BCUT2D eigenvalue weighted by atomic mass is 10.1. The number of para-hydroxylation sites is 1. The second-order valence-electron chi connectivity index (χ2n) is 5.64. The van der Waals surface area contributed by atoms with Crippen LogP contribution in [0.2, 0.25) is 5.02 Å². The molecule has 0 atom stereocenters. The first-order valence-corrected chi connectivity index (χ1v) is 7.93. The minimum Gasteiger partial charge on any atom is -0.494 e. The molecule has 5 nitrogen and oxygen atoms in total. The summed E-state index contributed by atoms with van der Waals surface area (Å²) < 4.78 is 7.52. The number of methoxy groups -OCH3 is 1. The Bertz CT molecular complexity index is 1070. The van der Waals surface area contributed by atoms with Gasteiger partial charge >= 0.3 is 0 Å². The molecule has 24 heavy (non-hydrogen) atoms. The van der Waals surface area contributed by atoms with Crippen LogP contribution in [0.5, 0.6) is 5.75 Å². The first-order chi connectivity index (χ1) is 11.6. The highest BCUT2D eigenvalue weighted by Crippen LogP contribution is 2.34. The van der Waals surface area contributed by atoms with Gasteiger partial charge in [0, 0.05) is 5.56 Å². The molecule has 0 saturated heterocycles. The van der Waals surface area contributed by atoms with Gasteiger partial charge in [0.05, 0.1) is 23.3 Å². The van der Waals surface area contributed by atoms with Gasteiger partial charge in [0.15, 0.2) is 11.5 Å². The Balaban J connectivity index is 2.23. The Morgan fingerprint density at radius 3 is 2.58 bits per heavy atom. The standard InChI is InChI=1S/C18H15ClN4O/c1-10-6-4-7-12(19)15(10)18-22-21-17-11(2)20-13-8-5-9-14(24-3)16(13)23(17)18/h4-9H,1-3H3. The second-order valence-corrected chi connectivity index (χ2v) is 6.05. The fourth-order valence-corrected chi connectivity index (χ4v) is 3.33. The summed E-state index contributed by atoms with van der Waals surface area (Å²) in [6, 6.07) is 11.6. The van der Waals surface area contributed by atoms with Crippen molar-refractivity contribution in [3.8, 4) is 17.1 Å². The number of halogens is 1. The van der Waals surface area contributed by atoms with Crippen LogP contribution in [0.1, 0.15) is 11.3 Å². The molecule has 2 heterocycles. The summed E-state index contributed by atoms with van der Waals surface area (Å²) in [5, 5.41) is 9.39. The van der Waals surface area contributed by atoms with Crippen LogP contribution in [0.25, 0.3) is 28.1 Å². The molecule has 2 aromatic carbocycles. The Morgan fingerprint density at radius 1 is 1.04 bits per heavy atom. The SMILES string of the molecule is COc1cccc2nc(C)c3nnc(-c4c(C)cccc4Cl)n3c12. The molecule has 0 aliphatic carbocycles. The zero-order chi connectivity index (χ0) is 16.8. The minimum atomic E-state index is 0.641. The summed E-state index contributed by atoms with van der Waals surface area (Å²) in [6.45, 7) is 3.93. The molecule has 0 amide bonds. The Kier molecular flexibility index (Phi) is 3.39. The highest BCUT2D eigenvalue weighted by atomic mass is 35.5. The van der Waals surface area contributed by atoms with Gasteiger partial charge in [0.25, 0.3) is 0 Å². The van der Waals surface area contributed by atoms with Crippen molar-refractivity contribution in [1.29, 1.82) is 0 Å². The molecule has 0 radical (unpaired) electrons. The van der Waals surface area contributed by atoms with E-state index < -0.39 is 0 Å². The summed E-state index contributed by atoms with van der Waals surface area (Å²) in [4.78, 5) is 4.63. The first-order valence-electron chi connectivity index (χ1n) is 7.55. The number of hydrogen-bond donors (Lipinski definition) is 0. The summed E-state index contributed by atoms with van der Waals surface area (Å²) in [5.41, 5.74) is 5.06. The minimum absolute atomic E-state index is 0.641. The number of aryl methyl sites for hydroxylation is 2. The molecule has 4 aromatic rings. The van der Waals surface area contributed by atoms with Gasteiger partial charge in [-0.05, 0) is 37.6 Å². The van der Waals surface area contributed by atoms with Gasteiger partial charge in [0.1, 0.15) is 11.3 Å². The van der Waals surface area contributed by atoms with Gasteiger partial charge in [-0.25, -0.2) is 4.98 Å². The fraction of sp³-hybridized carbons (Fsp3) is 0.167. The van der Waals surface area contributed by atoms with Crippen LogP contribution in [0.3, 0.4) is 0 Å². The maximum atomic E-state index is 6.46. The summed E-state index contributed by atoms with van der Waals surface area (Å²) in [5.74, 6) is 1.41. The second kappa shape index (κ2) is 5.46. The van der Waals surface area contributed by atoms with E-state index in [0.717, 1.165) is 33.6 Å². The van der Waals surface area contributed by atoms with E-state index in [1.165, 1.54) is 0 Å². The molecule has 120 valence electrons. The van der Waals surface area contributed by atoms with E-state index >= 15 is 0 Å². The number of ether oxygens (including phenoxy) is 1. The van der Waals surface area contributed by atoms with Crippen molar-refractivity contribution >= 4 is 28.3 Å². The summed E-state index contributed by atoms with van der Waals surface area (Å²) in [6.07, 6.45) is 0. The lowest BCUT2D eigenvalue weighted by molar-refractivity contribution is 0.418. The van der Waals surface area contributed by atoms with E-state index in [-0.39, 0.29) is 0 Å². The molecule has 0 aliphatic heterocycles. The predicted octanol–water partition coefficient (Wildman–Crippen LogP) is 4.22. The quantitative estimate of drug-likeness (QED) is 0.549. The van der Waals surface area contributed by atoms with Crippen molar-refractivity contribution in [1.82, 2.24) is 19.6 Å². The topological polar surface area (TPSA) is 52.3 Å². The molecule has 2 aromatic heterocycles. The predicted molar refractivity (Wildman–Crippen MR) is 94.8 cm³/mol. The number of fused-ring (bicyclic) bond motifs is 3. The largest absolute Gasteiger partial charge is 0.494 e. The van der Waals surface area contributed by atoms with Crippen LogP contribution < -0.4 is 4.74 Å². The number of benzene rings is 2. The molecular formula is C18H15ClN4O. The van der Waals surface area contributed by atoms with Crippen LogP contribution in [-0.2, 0) is 0 Å². The maximum absolute atomic E-state index is 6.46. The molecule has 0 aliphatic rings. The maximum Gasteiger partial charge on any atom is 0.183 e. The zero-order valence-electron chi connectivity index (χ0n) is 13.5. The van der Waals surface area contributed by atoms with Crippen LogP contribution in [0, 0.1) is 13.8 Å². The molecule has 0 fully saturated rings. The van der Waals surface area contributed by atoms with Gasteiger partial charge in [-0.3, -0.25) is 4.40 Å². The molecule has 0 unspecified atom stereocenters. The van der Waals surface area contributed by atoms with Crippen molar-refractivity contribution in [2.24, 2.45) is 0 Å². The summed E-state index contributed by atoms with van der Waals surface area (Å²) in [7, 11) is 1.64. The third kappa shape index (κ3) is 2.05. The average Bonchev–Trinajstić information content (AvgIpc) is 2.99. The molecule has 6 heteroatoms. The molecule has 0 saturated carbocycles. The Hall–Kier alpha value is -2.66. The number of aromatic nitrogens is 4. The third-order valence-electron chi connectivity index (χ3n) is 4.14. The van der Waals surface area contributed by atoms with Gasteiger partial charge < -0.3 is 4.74 Å². The smallest absolute Gasteiger partial charge is 0.183 e. The van der Waals surface area contributed by atoms with Crippen LogP contribution in [0.15, 0.2) is 36.4 Å². The van der Waals surface area contributed by atoms with Crippen molar-refractivity contribution in [3.05, 3.63) is 52.7 Å². The molecule has 0 bridgehead atoms. The lowest BCUT2D eigenvalue weighted by Gasteiger charge is -2.12. The van der Waals surface area contributed by atoms with Crippen molar-refractivity contribution in [2.45, 2.75) is 13.8 Å².